The van der Waals surface area contributed by atoms with Crippen molar-refractivity contribution in [2.24, 2.45) is 10.7 Å². The molecule has 0 spiro atoms. The van der Waals surface area contributed by atoms with Gasteiger partial charge in [-0.1, -0.05) is 38.1 Å². The summed E-state index contributed by atoms with van der Waals surface area (Å²) < 4.78 is 1.57. The molecule has 0 aliphatic rings. The molecule has 1 amide bonds. The van der Waals surface area contributed by atoms with Gasteiger partial charge in [-0.15, -0.1) is 24.0 Å². The van der Waals surface area contributed by atoms with Crippen molar-refractivity contribution in [1.29, 1.82) is 0 Å². The Morgan fingerprint density at radius 2 is 1.83 bits per heavy atom. The zero-order valence-electron chi connectivity index (χ0n) is 17.1. The lowest BCUT2D eigenvalue weighted by Gasteiger charge is -2.10. The molecule has 1 aromatic heterocycles. The van der Waals surface area contributed by atoms with Crippen LogP contribution >= 0.6 is 24.0 Å². The molecule has 0 fully saturated rings. The molecule has 0 atom stereocenters. The Morgan fingerprint density at radius 1 is 1.10 bits per heavy atom. The Labute approximate surface area is 193 Å². The summed E-state index contributed by atoms with van der Waals surface area (Å²) >= 11 is 0. The molecule has 0 saturated heterocycles. The first-order chi connectivity index (χ1) is 14.0. The Bertz CT molecular complexity index is 985. The summed E-state index contributed by atoms with van der Waals surface area (Å²) in [5.41, 5.74) is 9.85. The number of rotatable bonds is 7. The van der Waals surface area contributed by atoms with Gasteiger partial charge in [0.15, 0.2) is 5.96 Å². The molecule has 158 valence electrons. The molecule has 0 radical (unpaired) electrons. The summed E-state index contributed by atoms with van der Waals surface area (Å²) in [7, 11) is 0. The fourth-order valence-corrected chi connectivity index (χ4v) is 2.83. The average Bonchev–Trinajstić information content (AvgIpc) is 3.19. The van der Waals surface area contributed by atoms with E-state index in [-0.39, 0.29) is 36.4 Å². The normalized spacial score (nSPS) is 11.1. The molecule has 4 N–H and O–H groups in total. The molecule has 0 saturated carbocycles. The van der Waals surface area contributed by atoms with Crippen LogP contribution < -0.4 is 16.4 Å². The van der Waals surface area contributed by atoms with Crippen LogP contribution in [0.2, 0.25) is 0 Å². The van der Waals surface area contributed by atoms with Crippen molar-refractivity contribution in [3.63, 3.8) is 0 Å². The first-order valence-corrected chi connectivity index (χ1v) is 9.53. The maximum absolute atomic E-state index is 12.1. The molecule has 3 aromatic rings. The van der Waals surface area contributed by atoms with Gasteiger partial charge in [-0.05, 0) is 47.4 Å². The Hall–Kier alpha value is -2.88. The van der Waals surface area contributed by atoms with Crippen molar-refractivity contribution < 1.29 is 4.79 Å². The highest BCUT2D eigenvalue weighted by Gasteiger charge is 2.05. The smallest absolute Gasteiger partial charge is 0.246 e. The van der Waals surface area contributed by atoms with Gasteiger partial charge < -0.3 is 16.4 Å². The molecular weight excluding hydrogens is 491 g/mol. The van der Waals surface area contributed by atoms with Gasteiger partial charge in [0.05, 0.1) is 6.54 Å². The van der Waals surface area contributed by atoms with E-state index in [2.05, 4.69) is 46.7 Å². The van der Waals surface area contributed by atoms with Crippen LogP contribution in [0.5, 0.6) is 0 Å². The van der Waals surface area contributed by atoms with Gasteiger partial charge in [-0.25, -0.2) is 4.99 Å². The van der Waals surface area contributed by atoms with Gasteiger partial charge in [0.2, 0.25) is 5.91 Å². The molecule has 0 unspecified atom stereocenters. The number of nitrogens with zero attached hydrogens (tertiary/aromatic N) is 3. The highest BCUT2D eigenvalue weighted by Crippen LogP contribution is 2.18. The van der Waals surface area contributed by atoms with Gasteiger partial charge in [0.25, 0.3) is 0 Å². The molecule has 0 bridgehead atoms. The van der Waals surface area contributed by atoms with Crippen molar-refractivity contribution in [2.75, 3.05) is 10.6 Å². The molecule has 0 aliphatic carbocycles. The molecule has 0 aliphatic heterocycles. The lowest BCUT2D eigenvalue weighted by atomic mass is 10.0. The summed E-state index contributed by atoms with van der Waals surface area (Å²) in [4.78, 5) is 16.5. The number of halogens is 1. The third kappa shape index (κ3) is 7.18. The third-order valence-corrected chi connectivity index (χ3v) is 4.33. The van der Waals surface area contributed by atoms with E-state index >= 15 is 0 Å². The number of hydrogen-bond donors (Lipinski definition) is 3. The van der Waals surface area contributed by atoms with Crippen LogP contribution in [0.25, 0.3) is 0 Å². The molecule has 7 nitrogen and oxygen atoms in total. The minimum Gasteiger partial charge on any atom is -0.370 e. The number of aromatic nitrogens is 2. The van der Waals surface area contributed by atoms with E-state index in [0.717, 1.165) is 11.3 Å². The summed E-state index contributed by atoms with van der Waals surface area (Å²) in [6.45, 7) is 4.88. The molecule has 30 heavy (non-hydrogen) atoms. The zero-order chi connectivity index (χ0) is 20.6. The monoisotopic (exact) mass is 518 g/mol. The molecule has 3 rings (SSSR count). The number of guanidine groups is 1. The molecule has 1 heterocycles. The highest BCUT2D eigenvalue weighted by molar-refractivity contribution is 14.0. The minimum atomic E-state index is -0.138. The predicted molar refractivity (Wildman–Crippen MR) is 132 cm³/mol. The van der Waals surface area contributed by atoms with Gasteiger partial charge >= 0.3 is 0 Å². The number of anilines is 2. The second-order valence-electron chi connectivity index (χ2n) is 7.06. The van der Waals surface area contributed by atoms with Gasteiger partial charge in [0.1, 0.15) is 6.54 Å². The van der Waals surface area contributed by atoms with E-state index in [1.807, 2.05) is 36.4 Å². The first-order valence-electron chi connectivity index (χ1n) is 9.53. The lowest BCUT2D eigenvalue weighted by Crippen LogP contribution is -2.22. The number of carbonyl (C=O) groups is 1. The molecular formula is C22H27IN6O. The Morgan fingerprint density at radius 3 is 2.53 bits per heavy atom. The van der Waals surface area contributed by atoms with Crippen molar-refractivity contribution in [1.82, 2.24) is 9.78 Å². The van der Waals surface area contributed by atoms with Gasteiger partial charge in [-0.3, -0.25) is 9.48 Å². The average molecular weight is 518 g/mol. The van der Waals surface area contributed by atoms with Crippen LogP contribution in [-0.2, 0) is 17.9 Å². The van der Waals surface area contributed by atoms with Crippen LogP contribution in [0.1, 0.15) is 30.9 Å². The SMILES string of the molecule is CC(C)c1cccc(NC(N)=NCc2cccc(NC(=O)Cn3cccn3)c2)c1.I. The fourth-order valence-electron chi connectivity index (χ4n) is 2.83. The van der Waals surface area contributed by atoms with E-state index in [0.29, 0.717) is 24.1 Å². The van der Waals surface area contributed by atoms with E-state index in [4.69, 9.17) is 5.73 Å². The Kier molecular flexibility index (Phi) is 8.85. The fraction of sp³-hybridized carbons (Fsp3) is 0.227. The number of nitrogens with one attached hydrogen (secondary N) is 2. The number of aliphatic imine (C=N–C) groups is 1. The zero-order valence-corrected chi connectivity index (χ0v) is 19.4. The lowest BCUT2D eigenvalue weighted by molar-refractivity contribution is -0.116. The Balaban J connectivity index is 0.00000320. The van der Waals surface area contributed by atoms with E-state index < -0.39 is 0 Å². The molecule has 2 aromatic carbocycles. The maximum atomic E-state index is 12.1. The van der Waals surface area contributed by atoms with Crippen molar-refractivity contribution >= 4 is 47.2 Å². The molecule has 8 heteroatoms. The topological polar surface area (TPSA) is 97.3 Å². The summed E-state index contributed by atoms with van der Waals surface area (Å²) in [6.07, 6.45) is 3.39. The second kappa shape index (κ2) is 11.3. The van der Waals surface area contributed by atoms with Crippen LogP contribution in [-0.4, -0.2) is 21.6 Å². The number of hydrogen-bond acceptors (Lipinski definition) is 3. The largest absolute Gasteiger partial charge is 0.370 e. The van der Waals surface area contributed by atoms with Crippen molar-refractivity contribution in [2.45, 2.75) is 32.9 Å². The quantitative estimate of drug-likeness (QED) is 0.248. The number of nitrogens with two attached hydrogens (primary N) is 1. The van der Waals surface area contributed by atoms with E-state index in [1.165, 1.54) is 5.56 Å². The first kappa shape index (κ1) is 23.4. The van der Waals surface area contributed by atoms with Gasteiger partial charge in [0, 0.05) is 23.8 Å². The van der Waals surface area contributed by atoms with Crippen molar-refractivity contribution in [3.05, 3.63) is 78.1 Å². The number of amides is 1. The van der Waals surface area contributed by atoms with Crippen LogP contribution in [0.4, 0.5) is 11.4 Å². The van der Waals surface area contributed by atoms with Crippen LogP contribution in [0.3, 0.4) is 0 Å². The van der Waals surface area contributed by atoms with E-state index in [1.54, 1.807) is 23.1 Å². The third-order valence-electron chi connectivity index (χ3n) is 4.33. The van der Waals surface area contributed by atoms with Crippen LogP contribution in [0, 0.1) is 0 Å². The summed E-state index contributed by atoms with van der Waals surface area (Å²) in [5, 5.41) is 10.0. The van der Waals surface area contributed by atoms with E-state index in [9.17, 15) is 4.79 Å². The highest BCUT2D eigenvalue weighted by atomic mass is 127. The summed E-state index contributed by atoms with van der Waals surface area (Å²) in [6, 6.07) is 17.5. The van der Waals surface area contributed by atoms with Crippen molar-refractivity contribution in [3.8, 4) is 0 Å². The number of carbonyl (C=O) groups excluding carboxylic acids is 1. The number of benzene rings is 2. The summed E-state index contributed by atoms with van der Waals surface area (Å²) in [5.74, 6) is 0.653. The second-order valence-corrected chi connectivity index (χ2v) is 7.06. The maximum Gasteiger partial charge on any atom is 0.246 e. The van der Waals surface area contributed by atoms with Crippen LogP contribution in [0.15, 0.2) is 72.0 Å². The standard InChI is InChI=1S/C22H26N6O.HI/c1-16(2)18-7-4-9-20(13-18)27-22(23)24-14-17-6-3-8-19(12-17)26-21(29)15-28-11-5-10-25-28;/h3-13,16H,14-15H2,1-2H3,(H,26,29)(H3,23,24,27);1H. The van der Waals surface area contributed by atoms with Gasteiger partial charge in [-0.2, -0.15) is 5.10 Å². The predicted octanol–water partition coefficient (Wildman–Crippen LogP) is 4.19. The minimum absolute atomic E-state index is 0.